The molecule has 120 valence electrons. The molecule has 1 N–H and O–H groups in total. The smallest absolute Gasteiger partial charge is 0.226 e. The summed E-state index contributed by atoms with van der Waals surface area (Å²) in [4.78, 5) is 8.78. The summed E-state index contributed by atoms with van der Waals surface area (Å²) in [6.07, 6.45) is 2.40. The van der Waals surface area contributed by atoms with Gasteiger partial charge in [-0.3, -0.25) is 0 Å². The maximum atomic E-state index is 9.01. The van der Waals surface area contributed by atoms with Gasteiger partial charge in [0.1, 0.15) is 23.8 Å². The SMILES string of the molecule is Cc1ccc(-c2nc(CCNc3ccc(C)c(C#N)n3)co2)cc1. The van der Waals surface area contributed by atoms with Crippen molar-refractivity contribution in [3.05, 3.63) is 65.2 Å². The average Bonchev–Trinajstić information content (AvgIpc) is 3.06. The first-order valence-corrected chi connectivity index (χ1v) is 7.79. The zero-order valence-corrected chi connectivity index (χ0v) is 13.7. The third-order valence-corrected chi connectivity index (χ3v) is 3.74. The molecule has 0 aliphatic heterocycles. The number of hydrogen-bond donors (Lipinski definition) is 1. The Bertz CT molecular complexity index is 875. The molecule has 5 heteroatoms. The Morgan fingerprint density at radius 2 is 1.88 bits per heavy atom. The molecule has 0 saturated heterocycles. The molecule has 0 bridgehead atoms. The van der Waals surface area contributed by atoms with Crippen molar-refractivity contribution in [2.45, 2.75) is 20.3 Å². The second kappa shape index (κ2) is 6.97. The van der Waals surface area contributed by atoms with E-state index < -0.39 is 0 Å². The van der Waals surface area contributed by atoms with Crippen molar-refractivity contribution in [2.24, 2.45) is 0 Å². The lowest BCUT2D eigenvalue weighted by atomic mass is 10.1. The van der Waals surface area contributed by atoms with E-state index in [1.807, 2.05) is 50.2 Å². The van der Waals surface area contributed by atoms with Crippen LogP contribution in [0.15, 0.2) is 47.1 Å². The van der Waals surface area contributed by atoms with Gasteiger partial charge in [0.05, 0.1) is 5.69 Å². The Hall–Kier alpha value is -3.13. The van der Waals surface area contributed by atoms with Crippen LogP contribution in [-0.4, -0.2) is 16.5 Å². The van der Waals surface area contributed by atoms with Gasteiger partial charge in [0.25, 0.3) is 0 Å². The quantitative estimate of drug-likeness (QED) is 0.772. The van der Waals surface area contributed by atoms with Gasteiger partial charge in [-0.25, -0.2) is 9.97 Å². The summed E-state index contributed by atoms with van der Waals surface area (Å²) in [5, 5.41) is 12.2. The van der Waals surface area contributed by atoms with E-state index in [0.29, 0.717) is 30.4 Å². The second-order valence-electron chi connectivity index (χ2n) is 5.66. The van der Waals surface area contributed by atoms with E-state index in [-0.39, 0.29) is 0 Å². The fraction of sp³-hybridized carbons (Fsp3) is 0.211. The summed E-state index contributed by atoms with van der Waals surface area (Å²) in [5.41, 5.74) is 4.38. The summed E-state index contributed by atoms with van der Waals surface area (Å²) in [6.45, 7) is 4.59. The van der Waals surface area contributed by atoms with Gasteiger partial charge in [-0.2, -0.15) is 5.26 Å². The maximum Gasteiger partial charge on any atom is 0.226 e. The minimum atomic E-state index is 0.447. The Labute approximate surface area is 141 Å². The van der Waals surface area contributed by atoms with Crippen LogP contribution in [0.3, 0.4) is 0 Å². The zero-order chi connectivity index (χ0) is 16.9. The van der Waals surface area contributed by atoms with Gasteiger partial charge in [0, 0.05) is 18.5 Å². The predicted molar refractivity (Wildman–Crippen MR) is 92.6 cm³/mol. The molecule has 0 aliphatic carbocycles. The molecular formula is C19H18N4O. The van der Waals surface area contributed by atoms with Crippen LogP contribution in [0.25, 0.3) is 11.5 Å². The number of anilines is 1. The molecule has 3 rings (SSSR count). The van der Waals surface area contributed by atoms with E-state index in [1.54, 1.807) is 6.26 Å². The van der Waals surface area contributed by atoms with E-state index >= 15 is 0 Å². The minimum Gasteiger partial charge on any atom is -0.444 e. The Balaban J connectivity index is 1.60. The van der Waals surface area contributed by atoms with Crippen LogP contribution in [0.2, 0.25) is 0 Å². The summed E-state index contributed by atoms with van der Waals surface area (Å²) in [6, 6.07) is 13.9. The Morgan fingerprint density at radius 3 is 2.62 bits per heavy atom. The molecule has 0 spiro atoms. The monoisotopic (exact) mass is 318 g/mol. The molecule has 24 heavy (non-hydrogen) atoms. The van der Waals surface area contributed by atoms with Gasteiger partial charge in [-0.15, -0.1) is 0 Å². The van der Waals surface area contributed by atoms with Gasteiger partial charge in [0.2, 0.25) is 5.89 Å². The van der Waals surface area contributed by atoms with Gasteiger partial charge in [-0.05, 0) is 37.6 Å². The molecule has 0 atom stereocenters. The Kier molecular flexibility index (Phi) is 4.57. The van der Waals surface area contributed by atoms with Crippen molar-refractivity contribution in [1.82, 2.24) is 9.97 Å². The maximum absolute atomic E-state index is 9.01. The van der Waals surface area contributed by atoms with E-state index in [1.165, 1.54) is 5.56 Å². The van der Waals surface area contributed by atoms with Crippen molar-refractivity contribution >= 4 is 5.82 Å². The van der Waals surface area contributed by atoms with E-state index in [9.17, 15) is 0 Å². The summed E-state index contributed by atoms with van der Waals surface area (Å²) in [7, 11) is 0. The molecule has 2 heterocycles. The lowest BCUT2D eigenvalue weighted by molar-refractivity contribution is 0.572. The highest BCUT2D eigenvalue weighted by atomic mass is 16.3. The molecule has 0 unspecified atom stereocenters. The molecule has 0 amide bonds. The Morgan fingerprint density at radius 1 is 1.08 bits per heavy atom. The topological polar surface area (TPSA) is 74.7 Å². The predicted octanol–water partition coefficient (Wildman–Crippen LogP) is 3.88. The first kappa shape index (κ1) is 15.8. The normalized spacial score (nSPS) is 10.4. The number of benzene rings is 1. The molecule has 1 aromatic carbocycles. The van der Waals surface area contributed by atoms with Crippen LogP contribution in [0.4, 0.5) is 5.82 Å². The molecule has 0 fully saturated rings. The van der Waals surface area contributed by atoms with Crippen molar-refractivity contribution in [3.8, 4) is 17.5 Å². The van der Waals surface area contributed by atoms with Crippen LogP contribution in [0.1, 0.15) is 22.5 Å². The number of nitrogens with one attached hydrogen (secondary N) is 1. The van der Waals surface area contributed by atoms with Crippen molar-refractivity contribution in [3.63, 3.8) is 0 Å². The van der Waals surface area contributed by atoms with Crippen molar-refractivity contribution in [1.29, 1.82) is 5.26 Å². The van der Waals surface area contributed by atoms with Gasteiger partial charge >= 0.3 is 0 Å². The average molecular weight is 318 g/mol. The van der Waals surface area contributed by atoms with Crippen LogP contribution in [-0.2, 0) is 6.42 Å². The van der Waals surface area contributed by atoms with Crippen LogP contribution < -0.4 is 5.32 Å². The number of nitriles is 1. The van der Waals surface area contributed by atoms with Crippen LogP contribution in [0.5, 0.6) is 0 Å². The molecule has 0 aliphatic rings. The van der Waals surface area contributed by atoms with Gasteiger partial charge < -0.3 is 9.73 Å². The molecular weight excluding hydrogens is 300 g/mol. The number of aromatic nitrogens is 2. The highest BCUT2D eigenvalue weighted by Crippen LogP contribution is 2.19. The molecule has 3 aromatic rings. The number of nitrogens with zero attached hydrogens (tertiary/aromatic N) is 3. The molecule has 0 radical (unpaired) electrons. The molecule has 5 nitrogen and oxygen atoms in total. The number of rotatable bonds is 5. The highest BCUT2D eigenvalue weighted by Gasteiger charge is 2.07. The first-order chi connectivity index (χ1) is 11.7. The number of pyridine rings is 1. The summed E-state index contributed by atoms with van der Waals surface area (Å²) < 4.78 is 5.55. The number of aryl methyl sites for hydroxylation is 2. The van der Waals surface area contributed by atoms with Gasteiger partial charge in [0.15, 0.2) is 0 Å². The number of hydrogen-bond acceptors (Lipinski definition) is 5. The molecule has 2 aromatic heterocycles. The first-order valence-electron chi connectivity index (χ1n) is 7.79. The third-order valence-electron chi connectivity index (χ3n) is 3.74. The van der Waals surface area contributed by atoms with Crippen LogP contribution in [0, 0.1) is 25.2 Å². The fourth-order valence-corrected chi connectivity index (χ4v) is 2.31. The minimum absolute atomic E-state index is 0.447. The van der Waals surface area contributed by atoms with Crippen LogP contribution >= 0.6 is 0 Å². The summed E-state index contributed by atoms with van der Waals surface area (Å²) in [5.74, 6) is 1.32. The lowest BCUT2D eigenvalue weighted by Crippen LogP contribution is -2.07. The summed E-state index contributed by atoms with van der Waals surface area (Å²) >= 11 is 0. The standard InChI is InChI=1S/C19H18N4O/c1-13-3-6-15(7-4-13)19-22-16(12-24-19)9-10-21-18-8-5-14(2)17(11-20)23-18/h3-8,12H,9-10H2,1-2H3,(H,21,23). The molecule has 0 saturated carbocycles. The highest BCUT2D eigenvalue weighted by molar-refractivity contribution is 5.53. The lowest BCUT2D eigenvalue weighted by Gasteiger charge is -2.05. The van der Waals surface area contributed by atoms with E-state index in [4.69, 9.17) is 9.68 Å². The van der Waals surface area contributed by atoms with Gasteiger partial charge in [-0.1, -0.05) is 23.8 Å². The van der Waals surface area contributed by atoms with Crippen molar-refractivity contribution < 1.29 is 4.42 Å². The van der Waals surface area contributed by atoms with E-state index in [0.717, 1.165) is 16.8 Å². The van der Waals surface area contributed by atoms with E-state index in [2.05, 4.69) is 21.4 Å². The number of oxazole rings is 1. The second-order valence-corrected chi connectivity index (χ2v) is 5.66. The zero-order valence-electron chi connectivity index (χ0n) is 13.7. The fourth-order valence-electron chi connectivity index (χ4n) is 2.31. The third kappa shape index (κ3) is 3.61. The van der Waals surface area contributed by atoms with Crippen molar-refractivity contribution in [2.75, 3.05) is 11.9 Å². The largest absolute Gasteiger partial charge is 0.444 e.